The van der Waals surface area contributed by atoms with Crippen LogP contribution in [0.4, 0.5) is 0 Å². The maximum atomic E-state index is 9.23. The van der Waals surface area contributed by atoms with Crippen molar-refractivity contribution in [2.75, 3.05) is 26.4 Å². The number of ether oxygens (including phenoxy) is 1. The third-order valence-corrected chi connectivity index (χ3v) is 3.01. The number of hydrogen-bond acceptors (Lipinski definition) is 3. The average Bonchev–Trinajstić information content (AvgIpc) is 2.48. The molecule has 2 aliphatic heterocycles. The molecule has 0 saturated carbocycles. The number of nitrogens with one attached hydrogen (secondary N) is 1. The van der Waals surface area contributed by atoms with Crippen molar-refractivity contribution in [3.63, 3.8) is 0 Å². The molecule has 0 amide bonds. The number of aliphatic hydroxyl groups is 1. The second-order valence-electron chi connectivity index (χ2n) is 3.62. The summed E-state index contributed by atoms with van der Waals surface area (Å²) in [6, 6.07) is 0.501. The summed E-state index contributed by atoms with van der Waals surface area (Å²) in [7, 11) is 0. The Bertz CT molecular complexity index is 151. The Morgan fingerprint density at radius 1 is 1.64 bits per heavy atom. The molecular weight excluding hydrogens is 142 g/mol. The fourth-order valence-corrected chi connectivity index (χ4v) is 2.18. The minimum atomic E-state index is 0.0538. The third kappa shape index (κ3) is 1.08. The molecule has 2 heterocycles. The Labute approximate surface area is 66.7 Å². The lowest BCUT2D eigenvalue weighted by Crippen LogP contribution is -2.47. The van der Waals surface area contributed by atoms with E-state index in [0.717, 1.165) is 32.6 Å². The molecule has 2 fully saturated rings. The van der Waals surface area contributed by atoms with Crippen LogP contribution in [0, 0.1) is 5.41 Å². The van der Waals surface area contributed by atoms with Crippen LogP contribution in [-0.2, 0) is 4.74 Å². The standard InChI is InChI=1S/C8H15NO2/c10-5-8-2-3-9-7(8)1-4-11-6-8/h7,9-10H,1-6H2. The van der Waals surface area contributed by atoms with E-state index in [1.54, 1.807) is 0 Å². The molecule has 2 rings (SSSR count). The highest BCUT2D eigenvalue weighted by molar-refractivity contribution is 4.98. The van der Waals surface area contributed by atoms with E-state index in [1.165, 1.54) is 0 Å². The van der Waals surface area contributed by atoms with Gasteiger partial charge in [-0.2, -0.15) is 0 Å². The fourth-order valence-electron chi connectivity index (χ4n) is 2.18. The van der Waals surface area contributed by atoms with Crippen LogP contribution in [0.2, 0.25) is 0 Å². The maximum absolute atomic E-state index is 9.23. The normalized spacial score (nSPS) is 43.9. The zero-order chi connectivity index (χ0) is 7.73. The molecular formula is C8H15NO2. The van der Waals surface area contributed by atoms with E-state index in [1.807, 2.05) is 0 Å². The van der Waals surface area contributed by atoms with Gasteiger partial charge in [-0.3, -0.25) is 0 Å². The lowest BCUT2D eigenvalue weighted by atomic mass is 9.79. The molecule has 2 N–H and O–H groups in total. The first kappa shape index (κ1) is 7.53. The van der Waals surface area contributed by atoms with Crippen LogP contribution in [0.15, 0.2) is 0 Å². The minimum Gasteiger partial charge on any atom is -0.396 e. The topological polar surface area (TPSA) is 41.5 Å². The second kappa shape index (κ2) is 2.73. The maximum Gasteiger partial charge on any atom is 0.0559 e. The highest BCUT2D eigenvalue weighted by atomic mass is 16.5. The summed E-state index contributed by atoms with van der Waals surface area (Å²) in [5.74, 6) is 0. The van der Waals surface area contributed by atoms with Gasteiger partial charge in [-0.1, -0.05) is 0 Å². The van der Waals surface area contributed by atoms with Crippen LogP contribution >= 0.6 is 0 Å². The quantitative estimate of drug-likeness (QED) is 0.551. The highest BCUT2D eigenvalue weighted by Gasteiger charge is 2.44. The second-order valence-corrected chi connectivity index (χ2v) is 3.62. The lowest BCUT2D eigenvalue weighted by Gasteiger charge is -2.36. The van der Waals surface area contributed by atoms with Crippen molar-refractivity contribution in [3.8, 4) is 0 Å². The van der Waals surface area contributed by atoms with Crippen molar-refractivity contribution >= 4 is 0 Å². The summed E-state index contributed by atoms with van der Waals surface area (Å²) >= 11 is 0. The molecule has 0 bridgehead atoms. The molecule has 0 spiro atoms. The first-order valence-corrected chi connectivity index (χ1v) is 4.29. The molecule has 3 heteroatoms. The monoisotopic (exact) mass is 157 g/mol. The van der Waals surface area contributed by atoms with Crippen LogP contribution in [0.5, 0.6) is 0 Å². The Hall–Kier alpha value is -0.120. The molecule has 2 unspecified atom stereocenters. The fraction of sp³-hybridized carbons (Fsp3) is 1.00. The Balaban J connectivity index is 2.12. The summed E-state index contributed by atoms with van der Waals surface area (Å²) in [6.07, 6.45) is 2.12. The third-order valence-electron chi connectivity index (χ3n) is 3.01. The molecule has 2 saturated heterocycles. The minimum absolute atomic E-state index is 0.0538. The molecule has 2 atom stereocenters. The molecule has 0 aromatic carbocycles. The average molecular weight is 157 g/mol. The Morgan fingerprint density at radius 3 is 3.27 bits per heavy atom. The molecule has 0 aromatic heterocycles. The number of aliphatic hydroxyl groups excluding tert-OH is 1. The number of rotatable bonds is 1. The first-order chi connectivity index (χ1) is 5.37. The van der Waals surface area contributed by atoms with Crippen LogP contribution < -0.4 is 5.32 Å². The van der Waals surface area contributed by atoms with Gasteiger partial charge in [0.15, 0.2) is 0 Å². The molecule has 0 aromatic rings. The zero-order valence-corrected chi connectivity index (χ0v) is 6.68. The van der Waals surface area contributed by atoms with E-state index in [0.29, 0.717) is 6.04 Å². The smallest absolute Gasteiger partial charge is 0.0559 e. The summed E-state index contributed by atoms with van der Waals surface area (Å²) in [4.78, 5) is 0. The van der Waals surface area contributed by atoms with Crippen LogP contribution in [0.25, 0.3) is 0 Å². The van der Waals surface area contributed by atoms with Gasteiger partial charge < -0.3 is 15.2 Å². The van der Waals surface area contributed by atoms with Crippen molar-refractivity contribution in [2.24, 2.45) is 5.41 Å². The van der Waals surface area contributed by atoms with Crippen LogP contribution in [-0.4, -0.2) is 37.5 Å². The van der Waals surface area contributed by atoms with Gasteiger partial charge in [-0.25, -0.2) is 0 Å². The zero-order valence-electron chi connectivity index (χ0n) is 6.68. The van der Waals surface area contributed by atoms with Crippen molar-refractivity contribution in [3.05, 3.63) is 0 Å². The van der Waals surface area contributed by atoms with Gasteiger partial charge in [0.2, 0.25) is 0 Å². The van der Waals surface area contributed by atoms with E-state index < -0.39 is 0 Å². The SMILES string of the molecule is OCC12CCNC1CCOC2. The van der Waals surface area contributed by atoms with E-state index in [-0.39, 0.29) is 12.0 Å². The van der Waals surface area contributed by atoms with Gasteiger partial charge in [0.1, 0.15) is 0 Å². The van der Waals surface area contributed by atoms with Crippen LogP contribution in [0.1, 0.15) is 12.8 Å². The van der Waals surface area contributed by atoms with Crippen molar-refractivity contribution < 1.29 is 9.84 Å². The molecule has 0 radical (unpaired) electrons. The van der Waals surface area contributed by atoms with Gasteiger partial charge in [-0.15, -0.1) is 0 Å². The highest BCUT2D eigenvalue weighted by Crippen LogP contribution is 2.35. The largest absolute Gasteiger partial charge is 0.396 e. The summed E-state index contributed by atoms with van der Waals surface area (Å²) in [5.41, 5.74) is 0.0538. The van der Waals surface area contributed by atoms with Gasteiger partial charge in [0, 0.05) is 18.1 Å². The Kier molecular flexibility index (Phi) is 1.87. The molecule has 64 valence electrons. The summed E-state index contributed by atoms with van der Waals surface area (Å²) in [5, 5.41) is 12.6. The van der Waals surface area contributed by atoms with E-state index in [4.69, 9.17) is 4.74 Å². The van der Waals surface area contributed by atoms with Gasteiger partial charge in [-0.05, 0) is 19.4 Å². The van der Waals surface area contributed by atoms with Gasteiger partial charge >= 0.3 is 0 Å². The predicted molar refractivity (Wildman–Crippen MR) is 41.4 cm³/mol. The predicted octanol–water partition coefficient (Wildman–Crippen LogP) is -0.253. The van der Waals surface area contributed by atoms with E-state index in [9.17, 15) is 5.11 Å². The Morgan fingerprint density at radius 2 is 2.55 bits per heavy atom. The molecule has 0 aliphatic carbocycles. The first-order valence-electron chi connectivity index (χ1n) is 4.29. The summed E-state index contributed by atoms with van der Waals surface area (Å²) < 4.78 is 5.38. The van der Waals surface area contributed by atoms with E-state index in [2.05, 4.69) is 5.32 Å². The van der Waals surface area contributed by atoms with Crippen molar-refractivity contribution in [1.82, 2.24) is 5.32 Å². The lowest BCUT2D eigenvalue weighted by molar-refractivity contribution is -0.0433. The van der Waals surface area contributed by atoms with E-state index >= 15 is 0 Å². The van der Waals surface area contributed by atoms with Crippen molar-refractivity contribution in [1.29, 1.82) is 0 Å². The van der Waals surface area contributed by atoms with Crippen molar-refractivity contribution in [2.45, 2.75) is 18.9 Å². The molecule has 3 nitrogen and oxygen atoms in total. The molecule has 11 heavy (non-hydrogen) atoms. The molecule has 2 aliphatic rings. The number of fused-ring (bicyclic) bond motifs is 1. The van der Waals surface area contributed by atoms with Gasteiger partial charge in [0.05, 0.1) is 13.2 Å². The number of hydrogen-bond donors (Lipinski definition) is 2. The van der Waals surface area contributed by atoms with Crippen LogP contribution in [0.3, 0.4) is 0 Å². The van der Waals surface area contributed by atoms with Gasteiger partial charge in [0.25, 0.3) is 0 Å². The summed E-state index contributed by atoms with van der Waals surface area (Å²) in [6.45, 7) is 2.89.